The first-order chi connectivity index (χ1) is 3.29. The molecule has 0 aliphatic rings. The van der Waals surface area contributed by atoms with Crippen molar-refractivity contribution in [3.8, 4) is 0 Å². The van der Waals surface area contributed by atoms with Gasteiger partial charge in [-0.15, -0.1) is 0 Å². The van der Waals surface area contributed by atoms with Crippen LogP contribution in [-0.2, 0) is 0 Å². The van der Waals surface area contributed by atoms with Gasteiger partial charge >= 0.3 is 0 Å². The van der Waals surface area contributed by atoms with E-state index in [2.05, 4.69) is 0 Å². The number of hydrogen-bond donors (Lipinski definition) is 1. The fourth-order valence-corrected chi connectivity index (χ4v) is 0.453. The van der Waals surface area contributed by atoms with Crippen LogP contribution in [0.25, 0.3) is 0 Å². The summed E-state index contributed by atoms with van der Waals surface area (Å²) in [5.41, 5.74) is 6.28. The van der Waals surface area contributed by atoms with Crippen LogP contribution >= 0.6 is 0 Å². The van der Waals surface area contributed by atoms with Crippen molar-refractivity contribution in [1.82, 2.24) is 0 Å². The molecule has 0 fully saturated rings. The SMILES string of the molecule is Cc1coc(N)c1. The van der Waals surface area contributed by atoms with E-state index in [1.54, 1.807) is 12.3 Å². The number of furan rings is 1. The Kier molecular flexibility index (Phi) is 0.785. The summed E-state index contributed by atoms with van der Waals surface area (Å²) in [5.74, 6) is 0.484. The normalized spacial score (nSPS) is 9.29. The highest BCUT2D eigenvalue weighted by Gasteiger charge is 1.86. The van der Waals surface area contributed by atoms with Gasteiger partial charge in [0.05, 0.1) is 6.26 Å². The van der Waals surface area contributed by atoms with Crippen LogP contribution in [0.5, 0.6) is 0 Å². The number of anilines is 1. The monoisotopic (exact) mass is 97.1 g/mol. The van der Waals surface area contributed by atoms with Crippen LogP contribution in [0.1, 0.15) is 5.56 Å². The average Bonchev–Trinajstić information content (AvgIpc) is 1.87. The molecular formula is C5H7NO. The minimum absolute atomic E-state index is 0.484. The van der Waals surface area contributed by atoms with Gasteiger partial charge in [-0.05, 0) is 12.5 Å². The largest absolute Gasteiger partial charge is 0.449 e. The van der Waals surface area contributed by atoms with Crippen molar-refractivity contribution < 1.29 is 4.42 Å². The highest BCUT2D eigenvalue weighted by Crippen LogP contribution is 2.05. The third kappa shape index (κ3) is 0.738. The fourth-order valence-electron chi connectivity index (χ4n) is 0.453. The van der Waals surface area contributed by atoms with E-state index in [1.807, 2.05) is 6.92 Å². The van der Waals surface area contributed by atoms with Crippen molar-refractivity contribution >= 4 is 5.88 Å². The lowest BCUT2D eigenvalue weighted by Crippen LogP contribution is -1.75. The second-order valence-electron chi connectivity index (χ2n) is 1.53. The molecule has 0 bridgehead atoms. The van der Waals surface area contributed by atoms with Crippen LogP contribution in [0.15, 0.2) is 16.7 Å². The summed E-state index contributed by atoms with van der Waals surface area (Å²) in [6.07, 6.45) is 1.62. The average molecular weight is 97.1 g/mol. The molecule has 2 heteroatoms. The lowest BCUT2D eigenvalue weighted by atomic mass is 10.4. The van der Waals surface area contributed by atoms with Gasteiger partial charge in [0.15, 0.2) is 5.88 Å². The van der Waals surface area contributed by atoms with Gasteiger partial charge < -0.3 is 10.2 Å². The Morgan fingerprint density at radius 2 is 2.43 bits per heavy atom. The molecule has 0 amide bonds. The molecule has 0 saturated carbocycles. The maximum Gasteiger partial charge on any atom is 0.190 e. The Balaban J connectivity index is 3.04. The zero-order valence-electron chi connectivity index (χ0n) is 4.14. The molecule has 1 heterocycles. The maximum absolute atomic E-state index is 5.21. The zero-order valence-corrected chi connectivity index (χ0v) is 4.14. The molecule has 0 atom stereocenters. The van der Waals surface area contributed by atoms with Crippen molar-refractivity contribution in [2.75, 3.05) is 5.73 Å². The van der Waals surface area contributed by atoms with Gasteiger partial charge in [0.2, 0.25) is 0 Å². The van der Waals surface area contributed by atoms with Crippen LogP contribution in [0.3, 0.4) is 0 Å². The molecule has 0 aliphatic carbocycles. The number of aryl methyl sites for hydroxylation is 1. The minimum Gasteiger partial charge on any atom is -0.449 e. The summed E-state index contributed by atoms with van der Waals surface area (Å²) in [4.78, 5) is 0. The van der Waals surface area contributed by atoms with Crippen molar-refractivity contribution in [1.29, 1.82) is 0 Å². The summed E-state index contributed by atoms with van der Waals surface area (Å²) in [5, 5.41) is 0. The summed E-state index contributed by atoms with van der Waals surface area (Å²) in [6, 6.07) is 1.78. The molecule has 1 rings (SSSR count). The van der Waals surface area contributed by atoms with E-state index >= 15 is 0 Å². The fraction of sp³-hybridized carbons (Fsp3) is 0.200. The molecule has 1 aromatic heterocycles. The van der Waals surface area contributed by atoms with Gasteiger partial charge in [0, 0.05) is 6.07 Å². The topological polar surface area (TPSA) is 39.2 Å². The second kappa shape index (κ2) is 1.30. The van der Waals surface area contributed by atoms with Gasteiger partial charge in [0.1, 0.15) is 0 Å². The second-order valence-corrected chi connectivity index (χ2v) is 1.53. The quantitative estimate of drug-likeness (QED) is 0.527. The Morgan fingerprint density at radius 1 is 1.71 bits per heavy atom. The molecule has 0 radical (unpaired) electrons. The van der Waals surface area contributed by atoms with Crippen LogP contribution in [-0.4, -0.2) is 0 Å². The zero-order chi connectivity index (χ0) is 5.28. The predicted octanol–water partition coefficient (Wildman–Crippen LogP) is 1.17. The van der Waals surface area contributed by atoms with Crippen LogP contribution in [0, 0.1) is 6.92 Å². The van der Waals surface area contributed by atoms with Crippen molar-refractivity contribution in [3.05, 3.63) is 17.9 Å². The molecule has 38 valence electrons. The molecule has 0 aliphatic heterocycles. The van der Waals surface area contributed by atoms with E-state index in [0.717, 1.165) is 5.56 Å². The molecule has 0 saturated heterocycles. The van der Waals surface area contributed by atoms with Crippen LogP contribution in [0.4, 0.5) is 5.88 Å². The number of nitrogens with two attached hydrogens (primary N) is 1. The number of rotatable bonds is 0. The third-order valence-electron chi connectivity index (χ3n) is 0.751. The molecule has 1 aromatic rings. The van der Waals surface area contributed by atoms with E-state index in [9.17, 15) is 0 Å². The lowest BCUT2D eigenvalue weighted by molar-refractivity contribution is 0.585. The maximum atomic E-state index is 5.21. The number of nitrogen functional groups attached to an aromatic ring is 1. The van der Waals surface area contributed by atoms with E-state index in [-0.39, 0.29) is 0 Å². The molecule has 0 aromatic carbocycles. The first-order valence-corrected chi connectivity index (χ1v) is 2.09. The predicted molar refractivity (Wildman–Crippen MR) is 27.9 cm³/mol. The van der Waals surface area contributed by atoms with E-state index in [1.165, 1.54) is 0 Å². The summed E-state index contributed by atoms with van der Waals surface area (Å²) in [6.45, 7) is 1.93. The standard InChI is InChI=1S/C5H7NO/c1-4-2-5(6)7-3-4/h2-3H,6H2,1H3. The summed E-state index contributed by atoms with van der Waals surface area (Å²) in [7, 11) is 0. The Hall–Kier alpha value is -0.920. The van der Waals surface area contributed by atoms with E-state index in [4.69, 9.17) is 10.2 Å². The third-order valence-corrected chi connectivity index (χ3v) is 0.751. The van der Waals surface area contributed by atoms with Gasteiger partial charge in [-0.25, -0.2) is 0 Å². The van der Waals surface area contributed by atoms with Crippen LogP contribution < -0.4 is 5.73 Å². The van der Waals surface area contributed by atoms with Gasteiger partial charge in [0.25, 0.3) is 0 Å². The Labute approximate surface area is 41.9 Å². The van der Waals surface area contributed by atoms with Gasteiger partial charge in [-0.2, -0.15) is 0 Å². The first kappa shape index (κ1) is 4.24. The van der Waals surface area contributed by atoms with Crippen molar-refractivity contribution in [2.45, 2.75) is 6.92 Å². The van der Waals surface area contributed by atoms with Crippen molar-refractivity contribution in [2.24, 2.45) is 0 Å². The molecule has 7 heavy (non-hydrogen) atoms. The molecule has 2 N–H and O–H groups in total. The first-order valence-electron chi connectivity index (χ1n) is 2.09. The van der Waals surface area contributed by atoms with Gasteiger partial charge in [-0.1, -0.05) is 0 Å². The Bertz CT molecular complexity index is 140. The van der Waals surface area contributed by atoms with E-state index < -0.39 is 0 Å². The van der Waals surface area contributed by atoms with Gasteiger partial charge in [-0.3, -0.25) is 0 Å². The smallest absolute Gasteiger partial charge is 0.190 e. The number of hydrogen-bond acceptors (Lipinski definition) is 2. The van der Waals surface area contributed by atoms with Crippen LogP contribution in [0.2, 0.25) is 0 Å². The molecule has 2 nitrogen and oxygen atoms in total. The Morgan fingerprint density at radius 3 is 2.57 bits per heavy atom. The highest BCUT2D eigenvalue weighted by atomic mass is 16.3. The lowest BCUT2D eigenvalue weighted by Gasteiger charge is -1.71. The minimum atomic E-state index is 0.484. The molecular weight excluding hydrogens is 90.1 g/mol. The summed E-state index contributed by atoms with van der Waals surface area (Å²) >= 11 is 0. The van der Waals surface area contributed by atoms with E-state index in [0.29, 0.717) is 5.88 Å². The molecule has 0 unspecified atom stereocenters. The summed E-state index contributed by atoms with van der Waals surface area (Å²) < 4.78 is 4.74. The molecule has 0 spiro atoms. The highest BCUT2D eigenvalue weighted by molar-refractivity contribution is 5.27. The van der Waals surface area contributed by atoms with Crippen molar-refractivity contribution in [3.63, 3.8) is 0 Å².